The Labute approximate surface area is 213 Å². The molecule has 1 fully saturated rings. The zero-order valence-corrected chi connectivity index (χ0v) is 20.2. The topological polar surface area (TPSA) is 156 Å². The number of nitrogens with zero attached hydrogens (tertiary/aromatic N) is 2. The van der Waals surface area contributed by atoms with Gasteiger partial charge in [0.2, 0.25) is 0 Å². The fourth-order valence-electron chi connectivity index (χ4n) is 4.35. The predicted octanol–water partition coefficient (Wildman–Crippen LogP) is 1.85. The van der Waals surface area contributed by atoms with Crippen molar-refractivity contribution in [2.24, 2.45) is 0 Å². The summed E-state index contributed by atoms with van der Waals surface area (Å²) in [4.78, 5) is 38.4. The molecule has 0 radical (unpaired) electrons. The summed E-state index contributed by atoms with van der Waals surface area (Å²) in [5, 5.41) is 38.1. The Hall–Kier alpha value is -4.02. The van der Waals surface area contributed by atoms with Gasteiger partial charge in [0.05, 0.1) is 6.10 Å². The van der Waals surface area contributed by atoms with Crippen LogP contribution in [0, 0.1) is 0 Å². The summed E-state index contributed by atoms with van der Waals surface area (Å²) in [5.74, 6) is -2.28. The van der Waals surface area contributed by atoms with Crippen LogP contribution in [0.3, 0.4) is 0 Å². The molecule has 2 aromatic carbocycles. The molecule has 10 nitrogen and oxygen atoms in total. The molecule has 0 bridgehead atoms. The highest BCUT2D eigenvalue weighted by atomic mass is 16.4. The van der Waals surface area contributed by atoms with Gasteiger partial charge in [-0.1, -0.05) is 54.6 Å². The molecule has 10 heteroatoms. The lowest BCUT2D eigenvalue weighted by Crippen LogP contribution is -2.41. The molecule has 1 aromatic heterocycles. The van der Waals surface area contributed by atoms with E-state index >= 15 is 0 Å². The van der Waals surface area contributed by atoms with Gasteiger partial charge in [0.15, 0.2) is 11.8 Å². The number of piperidine rings is 1. The molecule has 2 heterocycles. The summed E-state index contributed by atoms with van der Waals surface area (Å²) in [6.07, 6.45) is -0.995. The van der Waals surface area contributed by atoms with Crippen LogP contribution in [0.5, 0.6) is 0 Å². The van der Waals surface area contributed by atoms with E-state index in [1.54, 1.807) is 4.90 Å². The molecule has 0 spiro atoms. The second-order valence-electron chi connectivity index (χ2n) is 9.22. The molecule has 37 heavy (non-hydrogen) atoms. The van der Waals surface area contributed by atoms with Crippen LogP contribution in [0.15, 0.2) is 60.7 Å². The van der Waals surface area contributed by atoms with E-state index in [1.807, 2.05) is 54.6 Å². The van der Waals surface area contributed by atoms with Crippen molar-refractivity contribution in [1.82, 2.24) is 20.4 Å². The van der Waals surface area contributed by atoms with Gasteiger partial charge in [-0.15, -0.1) is 0 Å². The second kappa shape index (κ2) is 11.8. The zero-order chi connectivity index (χ0) is 26.4. The van der Waals surface area contributed by atoms with Gasteiger partial charge in [-0.05, 0) is 36.0 Å². The predicted molar refractivity (Wildman–Crippen MR) is 135 cm³/mol. The number of hydrogen-bond acceptors (Lipinski definition) is 6. The number of aliphatic hydroxyl groups excluding tert-OH is 2. The molecule has 1 aliphatic rings. The van der Waals surface area contributed by atoms with E-state index in [0.717, 1.165) is 16.7 Å². The third-order valence-corrected chi connectivity index (χ3v) is 6.46. The second-order valence-corrected chi connectivity index (χ2v) is 9.22. The molecule has 4 rings (SSSR count). The van der Waals surface area contributed by atoms with Crippen molar-refractivity contribution in [3.05, 3.63) is 77.6 Å². The van der Waals surface area contributed by atoms with E-state index in [9.17, 15) is 29.7 Å². The summed E-state index contributed by atoms with van der Waals surface area (Å²) < 4.78 is 0. The number of amides is 2. The van der Waals surface area contributed by atoms with Crippen LogP contribution in [-0.4, -0.2) is 79.5 Å². The Morgan fingerprint density at radius 2 is 1.68 bits per heavy atom. The average Bonchev–Trinajstić information content (AvgIpc) is 3.40. The minimum atomic E-state index is -1.65. The minimum absolute atomic E-state index is 0.0506. The third-order valence-electron chi connectivity index (χ3n) is 6.46. The molecule has 194 valence electrons. The first-order valence-electron chi connectivity index (χ1n) is 12.2. The number of carboxylic acids is 1. The van der Waals surface area contributed by atoms with Gasteiger partial charge in [0, 0.05) is 31.6 Å². The Kier molecular flexibility index (Phi) is 8.32. The molecule has 3 aromatic rings. The lowest BCUT2D eigenvalue weighted by Gasteiger charge is -2.28. The summed E-state index contributed by atoms with van der Waals surface area (Å²) >= 11 is 0. The molecular formula is C27H30N4O6. The number of rotatable bonds is 9. The maximum atomic E-state index is 12.9. The van der Waals surface area contributed by atoms with E-state index < -0.39 is 30.1 Å². The van der Waals surface area contributed by atoms with Gasteiger partial charge < -0.3 is 25.5 Å². The SMILES string of the molecule is O=C(N[C@H](Cc1ccc(-c2ccccc2)cc1)C[C@@H](O)C(=O)O)c1cc(C(=O)N2CCC(O)CC2)n[nH]1. The van der Waals surface area contributed by atoms with Crippen molar-refractivity contribution in [1.29, 1.82) is 0 Å². The molecular weight excluding hydrogens is 476 g/mol. The van der Waals surface area contributed by atoms with Crippen molar-refractivity contribution in [2.75, 3.05) is 13.1 Å². The quantitative estimate of drug-likeness (QED) is 0.297. The maximum absolute atomic E-state index is 12.9. The van der Waals surface area contributed by atoms with Crippen LogP contribution in [-0.2, 0) is 11.2 Å². The van der Waals surface area contributed by atoms with Gasteiger partial charge in [-0.2, -0.15) is 5.10 Å². The summed E-state index contributed by atoms with van der Waals surface area (Å²) in [6, 6.07) is 18.2. The molecule has 0 unspecified atom stereocenters. The Bertz CT molecular complexity index is 1220. The number of nitrogens with one attached hydrogen (secondary N) is 2. The van der Waals surface area contributed by atoms with Gasteiger partial charge in [0.1, 0.15) is 5.69 Å². The monoisotopic (exact) mass is 506 g/mol. The molecule has 2 atom stereocenters. The van der Waals surface area contributed by atoms with Crippen LogP contribution in [0.1, 0.15) is 45.8 Å². The number of aromatic nitrogens is 2. The van der Waals surface area contributed by atoms with Gasteiger partial charge in [0.25, 0.3) is 11.8 Å². The fourth-order valence-corrected chi connectivity index (χ4v) is 4.35. The number of aliphatic hydroxyl groups is 2. The normalized spacial score (nSPS) is 15.7. The highest BCUT2D eigenvalue weighted by molar-refractivity contribution is 5.97. The number of likely N-dealkylation sites (tertiary alicyclic amines) is 1. The number of carboxylic acid groups (broad SMARTS) is 1. The van der Waals surface area contributed by atoms with Crippen molar-refractivity contribution in [2.45, 2.75) is 43.9 Å². The lowest BCUT2D eigenvalue weighted by atomic mass is 9.97. The Morgan fingerprint density at radius 1 is 1.03 bits per heavy atom. The Balaban J connectivity index is 1.43. The molecule has 1 saturated heterocycles. The molecule has 1 aliphatic heterocycles. The minimum Gasteiger partial charge on any atom is -0.479 e. The standard InChI is InChI=1S/C27H30N4O6/c32-21-10-12-31(13-11-21)26(35)23-16-22(29-30-23)25(34)28-20(15-24(33)27(36)37)14-17-6-8-19(9-7-17)18-4-2-1-3-5-18/h1-9,16,20-21,24,32-33H,10-15H2,(H,28,34)(H,29,30)(H,36,37)/t20-,24-/m1/s1. The number of aromatic amines is 1. The van der Waals surface area contributed by atoms with Crippen molar-refractivity contribution in [3.63, 3.8) is 0 Å². The fraction of sp³-hybridized carbons (Fsp3) is 0.333. The highest BCUT2D eigenvalue weighted by Crippen LogP contribution is 2.20. The van der Waals surface area contributed by atoms with E-state index in [1.165, 1.54) is 6.07 Å². The third kappa shape index (κ3) is 6.81. The molecule has 5 N–H and O–H groups in total. The molecule has 2 amide bonds. The van der Waals surface area contributed by atoms with Crippen molar-refractivity contribution in [3.8, 4) is 11.1 Å². The van der Waals surface area contributed by atoms with Crippen molar-refractivity contribution >= 4 is 17.8 Å². The van der Waals surface area contributed by atoms with E-state index in [0.29, 0.717) is 32.4 Å². The van der Waals surface area contributed by atoms with Crippen LogP contribution in [0.2, 0.25) is 0 Å². The Morgan fingerprint density at radius 3 is 2.32 bits per heavy atom. The van der Waals surface area contributed by atoms with Gasteiger partial charge in [-0.25, -0.2) is 4.79 Å². The highest BCUT2D eigenvalue weighted by Gasteiger charge is 2.26. The first-order chi connectivity index (χ1) is 17.8. The first kappa shape index (κ1) is 26.1. The number of carbonyl (C=O) groups is 3. The number of hydrogen-bond donors (Lipinski definition) is 5. The van der Waals surface area contributed by atoms with Crippen molar-refractivity contribution < 1.29 is 29.7 Å². The summed E-state index contributed by atoms with van der Waals surface area (Å²) in [7, 11) is 0. The van der Waals surface area contributed by atoms with Gasteiger partial charge in [-0.3, -0.25) is 14.7 Å². The van der Waals surface area contributed by atoms with Crippen LogP contribution in [0.4, 0.5) is 0 Å². The zero-order valence-electron chi connectivity index (χ0n) is 20.2. The van der Waals surface area contributed by atoms with E-state index in [-0.39, 0.29) is 23.7 Å². The van der Waals surface area contributed by atoms with E-state index in [2.05, 4.69) is 15.5 Å². The maximum Gasteiger partial charge on any atom is 0.332 e. The van der Waals surface area contributed by atoms with Crippen LogP contribution in [0.25, 0.3) is 11.1 Å². The largest absolute Gasteiger partial charge is 0.479 e. The van der Waals surface area contributed by atoms with Gasteiger partial charge >= 0.3 is 5.97 Å². The summed E-state index contributed by atoms with van der Waals surface area (Å²) in [5.41, 5.74) is 3.07. The average molecular weight is 507 g/mol. The van der Waals surface area contributed by atoms with E-state index in [4.69, 9.17) is 0 Å². The van der Waals surface area contributed by atoms with Crippen LogP contribution < -0.4 is 5.32 Å². The summed E-state index contributed by atoms with van der Waals surface area (Å²) in [6.45, 7) is 0.819. The number of carbonyl (C=O) groups excluding carboxylic acids is 2. The number of aliphatic carboxylic acids is 1. The molecule has 0 saturated carbocycles. The number of H-pyrrole nitrogens is 1. The number of benzene rings is 2. The molecule has 0 aliphatic carbocycles. The van der Waals surface area contributed by atoms with Crippen LogP contribution >= 0.6 is 0 Å². The first-order valence-corrected chi connectivity index (χ1v) is 12.2. The lowest BCUT2D eigenvalue weighted by molar-refractivity contribution is -0.147. The smallest absolute Gasteiger partial charge is 0.332 e.